The van der Waals surface area contributed by atoms with Gasteiger partial charge in [-0.2, -0.15) is 13.2 Å². The SMILES string of the molecule is NC(C(=O)O)C1c2ccccc2CCN1c1ccc(C(F)(F)F)cc1. The smallest absolute Gasteiger partial charge is 0.416 e. The van der Waals surface area contributed by atoms with E-state index in [4.69, 9.17) is 5.73 Å². The van der Waals surface area contributed by atoms with E-state index in [1.807, 2.05) is 18.2 Å². The van der Waals surface area contributed by atoms with Crippen LogP contribution in [0.5, 0.6) is 0 Å². The Bertz CT molecular complexity index is 775. The number of anilines is 1. The van der Waals surface area contributed by atoms with E-state index >= 15 is 0 Å². The molecule has 132 valence electrons. The Balaban J connectivity index is 2.01. The molecule has 2 unspecified atom stereocenters. The Labute approximate surface area is 142 Å². The van der Waals surface area contributed by atoms with Crippen molar-refractivity contribution in [2.24, 2.45) is 5.73 Å². The molecule has 0 radical (unpaired) electrons. The molecule has 7 heteroatoms. The van der Waals surface area contributed by atoms with E-state index in [1.165, 1.54) is 12.1 Å². The van der Waals surface area contributed by atoms with Crippen molar-refractivity contribution >= 4 is 11.7 Å². The fraction of sp³-hybridized carbons (Fsp3) is 0.278. The zero-order valence-corrected chi connectivity index (χ0v) is 13.2. The molecule has 1 aliphatic heterocycles. The molecular weight excluding hydrogens is 333 g/mol. The topological polar surface area (TPSA) is 66.6 Å². The molecule has 3 N–H and O–H groups in total. The van der Waals surface area contributed by atoms with Crippen LogP contribution in [0.15, 0.2) is 48.5 Å². The van der Waals surface area contributed by atoms with Gasteiger partial charge in [0.05, 0.1) is 11.6 Å². The molecule has 0 aliphatic carbocycles. The molecular formula is C18H17F3N2O2. The number of carboxylic acid groups (broad SMARTS) is 1. The number of carbonyl (C=O) groups is 1. The first-order valence-electron chi connectivity index (χ1n) is 7.79. The molecule has 1 aliphatic rings. The van der Waals surface area contributed by atoms with Crippen LogP contribution < -0.4 is 10.6 Å². The summed E-state index contributed by atoms with van der Waals surface area (Å²) in [6, 6.07) is 10.3. The number of alkyl halides is 3. The van der Waals surface area contributed by atoms with Crippen molar-refractivity contribution in [2.45, 2.75) is 24.7 Å². The molecule has 0 fully saturated rings. The molecule has 0 saturated heterocycles. The predicted molar refractivity (Wildman–Crippen MR) is 87.3 cm³/mol. The molecule has 25 heavy (non-hydrogen) atoms. The van der Waals surface area contributed by atoms with Crippen LogP contribution >= 0.6 is 0 Å². The van der Waals surface area contributed by atoms with Gasteiger partial charge in [-0.3, -0.25) is 4.79 Å². The molecule has 2 aromatic carbocycles. The molecule has 0 aromatic heterocycles. The third-order valence-corrected chi connectivity index (χ3v) is 4.48. The van der Waals surface area contributed by atoms with Crippen LogP contribution in [-0.4, -0.2) is 23.7 Å². The summed E-state index contributed by atoms with van der Waals surface area (Å²) in [7, 11) is 0. The third-order valence-electron chi connectivity index (χ3n) is 4.48. The largest absolute Gasteiger partial charge is 0.480 e. The van der Waals surface area contributed by atoms with Crippen LogP contribution in [0.1, 0.15) is 22.7 Å². The lowest BCUT2D eigenvalue weighted by atomic mass is 9.88. The number of aliphatic carboxylic acids is 1. The lowest BCUT2D eigenvalue weighted by Gasteiger charge is -2.40. The Kier molecular flexibility index (Phi) is 4.43. The molecule has 4 nitrogen and oxygen atoms in total. The van der Waals surface area contributed by atoms with Gasteiger partial charge in [-0.15, -0.1) is 0 Å². The van der Waals surface area contributed by atoms with Gasteiger partial charge in [-0.05, 0) is 41.8 Å². The summed E-state index contributed by atoms with van der Waals surface area (Å²) in [5, 5.41) is 9.37. The van der Waals surface area contributed by atoms with E-state index in [1.54, 1.807) is 11.0 Å². The first kappa shape index (κ1) is 17.3. The summed E-state index contributed by atoms with van der Waals surface area (Å²) in [5.41, 5.74) is 7.49. The van der Waals surface area contributed by atoms with Crippen molar-refractivity contribution in [3.8, 4) is 0 Å². The third kappa shape index (κ3) is 3.32. The first-order valence-corrected chi connectivity index (χ1v) is 7.79. The second-order valence-electron chi connectivity index (χ2n) is 6.00. The molecule has 2 atom stereocenters. The molecule has 1 heterocycles. The van der Waals surface area contributed by atoms with E-state index in [-0.39, 0.29) is 0 Å². The van der Waals surface area contributed by atoms with Gasteiger partial charge >= 0.3 is 12.1 Å². The number of halogens is 3. The number of hydrogen-bond acceptors (Lipinski definition) is 3. The minimum absolute atomic E-state index is 0.480. The molecule has 0 amide bonds. The summed E-state index contributed by atoms with van der Waals surface area (Å²) in [5.74, 6) is -1.15. The van der Waals surface area contributed by atoms with Crippen LogP contribution in [0, 0.1) is 0 Å². The van der Waals surface area contributed by atoms with Gasteiger partial charge in [0.25, 0.3) is 0 Å². The molecule has 3 rings (SSSR count). The fourth-order valence-electron chi connectivity index (χ4n) is 3.25. The van der Waals surface area contributed by atoms with Crippen LogP contribution in [0.25, 0.3) is 0 Å². The Hall–Kier alpha value is -2.54. The summed E-state index contributed by atoms with van der Waals surface area (Å²) >= 11 is 0. The maximum absolute atomic E-state index is 12.8. The van der Waals surface area contributed by atoms with E-state index in [0.717, 1.165) is 23.3 Å². The standard InChI is InChI=1S/C18H17F3N2O2/c19-18(20,21)12-5-7-13(8-6-12)23-10-9-11-3-1-2-4-14(11)16(23)15(22)17(24)25/h1-8,15-16H,9-10,22H2,(H,24,25). The quantitative estimate of drug-likeness (QED) is 0.892. The minimum Gasteiger partial charge on any atom is -0.480 e. The zero-order chi connectivity index (χ0) is 18.2. The van der Waals surface area contributed by atoms with E-state index in [2.05, 4.69) is 0 Å². The minimum atomic E-state index is -4.41. The van der Waals surface area contributed by atoms with Gasteiger partial charge in [0, 0.05) is 12.2 Å². The number of hydrogen-bond donors (Lipinski definition) is 2. The number of fused-ring (bicyclic) bond motifs is 1. The number of benzene rings is 2. The Morgan fingerprint density at radius 3 is 2.40 bits per heavy atom. The van der Waals surface area contributed by atoms with Crippen molar-refractivity contribution in [1.29, 1.82) is 0 Å². The van der Waals surface area contributed by atoms with Crippen molar-refractivity contribution in [3.63, 3.8) is 0 Å². The first-order chi connectivity index (χ1) is 11.8. The van der Waals surface area contributed by atoms with E-state index in [0.29, 0.717) is 18.7 Å². The van der Waals surface area contributed by atoms with Gasteiger partial charge in [0.2, 0.25) is 0 Å². The second kappa shape index (κ2) is 6.40. The van der Waals surface area contributed by atoms with Gasteiger partial charge < -0.3 is 15.7 Å². The summed E-state index contributed by atoms with van der Waals surface area (Å²) in [6.07, 6.45) is -3.75. The van der Waals surface area contributed by atoms with Gasteiger partial charge in [-0.1, -0.05) is 24.3 Å². The van der Waals surface area contributed by atoms with E-state index in [9.17, 15) is 23.1 Å². The highest BCUT2D eigenvalue weighted by Gasteiger charge is 2.36. The normalized spacial score (nSPS) is 18.6. The highest BCUT2D eigenvalue weighted by atomic mass is 19.4. The number of carboxylic acids is 1. The number of nitrogens with zero attached hydrogens (tertiary/aromatic N) is 1. The highest BCUT2D eigenvalue weighted by molar-refractivity contribution is 5.76. The van der Waals surface area contributed by atoms with Gasteiger partial charge in [0.15, 0.2) is 0 Å². The maximum Gasteiger partial charge on any atom is 0.416 e. The summed E-state index contributed by atoms with van der Waals surface area (Å²) < 4.78 is 38.3. The summed E-state index contributed by atoms with van der Waals surface area (Å²) in [4.78, 5) is 13.2. The van der Waals surface area contributed by atoms with Crippen LogP contribution in [0.3, 0.4) is 0 Å². The second-order valence-corrected chi connectivity index (χ2v) is 6.00. The van der Waals surface area contributed by atoms with E-state index < -0.39 is 29.8 Å². The van der Waals surface area contributed by atoms with Crippen molar-refractivity contribution in [1.82, 2.24) is 0 Å². The number of rotatable bonds is 3. The average Bonchev–Trinajstić information content (AvgIpc) is 2.59. The zero-order valence-electron chi connectivity index (χ0n) is 13.2. The Morgan fingerprint density at radius 2 is 1.80 bits per heavy atom. The Morgan fingerprint density at radius 1 is 1.16 bits per heavy atom. The molecule has 0 spiro atoms. The lowest BCUT2D eigenvalue weighted by Crippen LogP contribution is -2.49. The monoisotopic (exact) mass is 350 g/mol. The number of nitrogens with two attached hydrogens (primary N) is 1. The van der Waals surface area contributed by atoms with Crippen LogP contribution in [0.4, 0.5) is 18.9 Å². The van der Waals surface area contributed by atoms with Crippen molar-refractivity contribution in [3.05, 3.63) is 65.2 Å². The van der Waals surface area contributed by atoms with Gasteiger partial charge in [-0.25, -0.2) is 0 Å². The predicted octanol–water partition coefficient (Wildman–Crippen LogP) is 3.22. The van der Waals surface area contributed by atoms with Crippen molar-refractivity contribution in [2.75, 3.05) is 11.4 Å². The fourth-order valence-corrected chi connectivity index (χ4v) is 3.25. The van der Waals surface area contributed by atoms with Crippen LogP contribution in [0.2, 0.25) is 0 Å². The highest BCUT2D eigenvalue weighted by Crippen LogP contribution is 2.37. The molecule has 0 saturated carbocycles. The molecule has 0 bridgehead atoms. The van der Waals surface area contributed by atoms with Gasteiger partial charge in [0.1, 0.15) is 6.04 Å². The molecule has 2 aromatic rings. The lowest BCUT2D eigenvalue weighted by molar-refractivity contribution is -0.139. The average molecular weight is 350 g/mol. The van der Waals surface area contributed by atoms with Crippen LogP contribution in [-0.2, 0) is 17.4 Å². The maximum atomic E-state index is 12.8. The van der Waals surface area contributed by atoms with Crippen molar-refractivity contribution < 1.29 is 23.1 Å². The summed E-state index contributed by atoms with van der Waals surface area (Å²) in [6.45, 7) is 0.480.